The maximum absolute atomic E-state index is 5.83. The van der Waals surface area contributed by atoms with Crippen molar-refractivity contribution in [3.8, 4) is 0 Å². The second kappa shape index (κ2) is 4.11. The van der Waals surface area contributed by atoms with Crippen molar-refractivity contribution < 1.29 is 4.74 Å². The van der Waals surface area contributed by atoms with Gasteiger partial charge in [0.25, 0.3) is 0 Å². The van der Waals surface area contributed by atoms with Crippen LogP contribution in [0.15, 0.2) is 12.5 Å². The molecule has 0 aromatic carbocycles. The van der Waals surface area contributed by atoms with Crippen LogP contribution in [0.4, 0.5) is 0 Å². The van der Waals surface area contributed by atoms with Crippen molar-refractivity contribution in [2.24, 2.45) is 5.73 Å². The van der Waals surface area contributed by atoms with Gasteiger partial charge < -0.3 is 15.0 Å². The summed E-state index contributed by atoms with van der Waals surface area (Å²) < 4.78 is 7.67. The van der Waals surface area contributed by atoms with E-state index < -0.39 is 0 Å². The molecule has 0 saturated carbocycles. The Labute approximate surface area is 84.1 Å². The molecule has 1 aromatic rings. The molecule has 14 heavy (non-hydrogen) atoms. The molecule has 78 valence electrons. The molecule has 0 aliphatic carbocycles. The molecule has 1 aromatic heterocycles. The first kappa shape index (κ1) is 9.68. The number of ether oxygens (including phenoxy) is 1. The molecular weight excluding hydrogens is 178 g/mol. The van der Waals surface area contributed by atoms with Gasteiger partial charge in [0.15, 0.2) is 0 Å². The summed E-state index contributed by atoms with van der Waals surface area (Å²) >= 11 is 0. The van der Waals surface area contributed by atoms with Gasteiger partial charge in [-0.3, -0.25) is 0 Å². The van der Waals surface area contributed by atoms with Gasteiger partial charge >= 0.3 is 0 Å². The van der Waals surface area contributed by atoms with E-state index in [4.69, 9.17) is 10.5 Å². The Morgan fingerprint density at radius 1 is 1.79 bits per heavy atom. The van der Waals surface area contributed by atoms with E-state index in [9.17, 15) is 0 Å². The first-order valence-electron chi connectivity index (χ1n) is 5.14. The summed E-state index contributed by atoms with van der Waals surface area (Å²) in [5.74, 6) is 0. The van der Waals surface area contributed by atoms with Crippen LogP contribution < -0.4 is 5.73 Å². The van der Waals surface area contributed by atoms with Gasteiger partial charge in [0.1, 0.15) is 0 Å². The van der Waals surface area contributed by atoms with Crippen molar-refractivity contribution >= 4 is 0 Å². The Morgan fingerprint density at radius 3 is 3.29 bits per heavy atom. The molecule has 4 heteroatoms. The van der Waals surface area contributed by atoms with Crippen molar-refractivity contribution in [1.82, 2.24) is 9.55 Å². The van der Waals surface area contributed by atoms with Gasteiger partial charge in [0.2, 0.25) is 0 Å². The standard InChI is InChI=1S/C10H17N3O/c1-8(11)10-5-12-7-13(10)6-9-3-2-4-14-9/h5,7-9H,2-4,6,11H2,1H3. The van der Waals surface area contributed by atoms with Crippen molar-refractivity contribution in [3.63, 3.8) is 0 Å². The highest BCUT2D eigenvalue weighted by Gasteiger charge is 2.17. The van der Waals surface area contributed by atoms with Crippen LogP contribution >= 0.6 is 0 Å². The minimum atomic E-state index is 0.0407. The Balaban J connectivity index is 2.04. The minimum absolute atomic E-state index is 0.0407. The van der Waals surface area contributed by atoms with E-state index in [2.05, 4.69) is 9.55 Å². The molecule has 0 spiro atoms. The number of rotatable bonds is 3. The highest BCUT2D eigenvalue weighted by molar-refractivity contribution is 5.03. The molecule has 2 unspecified atom stereocenters. The molecule has 0 amide bonds. The van der Waals surface area contributed by atoms with Gasteiger partial charge in [-0.2, -0.15) is 0 Å². The highest BCUT2D eigenvalue weighted by atomic mass is 16.5. The molecule has 2 N–H and O–H groups in total. The van der Waals surface area contributed by atoms with E-state index in [1.807, 2.05) is 19.4 Å². The number of imidazole rings is 1. The maximum Gasteiger partial charge on any atom is 0.0949 e. The van der Waals surface area contributed by atoms with E-state index in [1.165, 1.54) is 6.42 Å². The summed E-state index contributed by atoms with van der Waals surface area (Å²) in [7, 11) is 0. The van der Waals surface area contributed by atoms with Gasteiger partial charge in [-0.05, 0) is 19.8 Å². The predicted molar refractivity (Wildman–Crippen MR) is 53.8 cm³/mol. The zero-order chi connectivity index (χ0) is 9.97. The van der Waals surface area contributed by atoms with Crippen LogP contribution in [0.2, 0.25) is 0 Å². The van der Waals surface area contributed by atoms with Gasteiger partial charge in [-0.15, -0.1) is 0 Å². The van der Waals surface area contributed by atoms with Crippen LogP contribution in [-0.4, -0.2) is 22.3 Å². The van der Waals surface area contributed by atoms with E-state index in [0.29, 0.717) is 6.10 Å². The maximum atomic E-state index is 5.83. The van der Waals surface area contributed by atoms with Crippen LogP contribution in [0.5, 0.6) is 0 Å². The monoisotopic (exact) mass is 195 g/mol. The zero-order valence-electron chi connectivity index (χ0n) is 8.52. The summed E-state index contributed by atoms with van der Waals surface area (Å²) in [5.41, 5.74) is 6.92. The molecule has 2 atom stereocenters. The van der Waals surface area contributed by atoms with Gasteiger partial charge in [0, 0.05) is 18.8 Å². The second-order valence-electron chi connectivity index (χ2n) is 3.89. The van der Waals surface area contributed by atoms with Crippen LogP contribution in [-0.2, 0) is 11.3 Å². The fourth-order valence-corrected chi connectivity index (χ4v) is 1.87. The molecular formula is C10H17N3O. The SMILES string of the molecule is CC(N)c1cncn1CC1CCCO1. The van der Waals surface area contributed by atoms with Gasteiger partial charge in [0.05, 0.1) is 24.7 Å². The number of nitrogens with two attached hydrogens (primary N) is 1. The third kappa shape index (κ3) is 1.96. The molecule has 0 bridgehead atoms. The largest absolute Gasteiger partial charge is 0.376 e. The number of aromatic nitrogens is 2. The lowest BCUT2D eigenvalue weighted by atomic mass is 10.2. The van der Waals surface area contributed by atoms with Gasteiger partial charge in [-0.25, -0.2) is 4.98 Å². The number of nitrogens with zero attached hydrogens (tertiary/aromatic N) is 2. The Bertz CT molecular complexity index is 289. The smallest absolute Gasteiger partial charge is 0.0949 e. The first-order chi connectivity index (χ1) is 6.77. The van der Waals surface area contributed by atoms with Crippen LogP contribution in [0, 0.1) is 0 Å². The summed E-state index contributed by atoms with van der Waals surface area (Å²) in [6, 6.07) is 0.0407. The number of hydrogen-bond donors (Lipinski definition) is 1. The molecule has 1 aliphatic rings. The summed E-state index contributed by atoms with van der Waals surface area (Å²) in [6.07, 6.45) is 6.34. The van der Waals surface area contributed by atoms with E-state index >= 15 is 0 Å². The summed E-state index contributed by atoms with van der Waals surface area (Å²) in [6.45, 7) is 3.76. The van der Waals surface area contributed by atoms with Crippen molar-refractivity contribution in [2.75, 3.05) is 6.61 Å². The van der Waals surface area contributed by atoms with Crippen molar-refractivity contribution in [1.29, 1.82) is 0 Å². The Kier molecular flexibility index (Phi) is 2.84. The molecule has 2 rings (SSSR count). The molecule has 2 heterocycles. The summed E-state index contributed by atoms with van der Waals surface area (Å²) in [5, 5.41) is 0. The fourth-order valence-electron chi connectivity index (χ4n) is 1.87. The lowest BCUT2D eigenvalue weighted by molar-refractivity contribution is 0.0961. The Hall–Kier alpha value is -0.870. The van der Waals surface area contributed by atoms with E-state index in [-0.39, 0.29) is 6.04 Å². The molecule has 4 nitrogen and oxygen atoms in total. The second-order valence-corrected chi connectivity index (χ2v) is 3.89. The number of hydrogen-bond acceptors (Lipinski definition) is 3. The summed E-state index contributed by atoms with van der Waals surface area (Å²) in [4.78, 5) is 4.11. The Morgan fingerprint density at radius 2 is 2.64 bits per heavy atom. The van der Waals surface area contributed by atoms with Crippen molar-refractivity contribution in [3.05, 3.63) is 18.2 Å². The molecule has 1 fully saturated rings. The first-order valence-corrected chi connectivity index (χ1v) is 5.14. The third-order valence-electron chi connectivity index (χ3n) is 2.64. The molecule has 1 aliphatic heterocycles. The minimum Gasteiger partial charge on any atom is -0.376 e. The lowest BCUT2D eigenvalue weighted by Crippen LogP contribution is -2.19. The third-order valence-corrected chi connectivity index (χ3v) is 2.64. The average Bonchev–Trinajstić information content (AvgIpc) is 2.75. The quantitative estimate of drug-likeness (QED) is 0.785. The van der Waals surface area contributed by atoms with Crippen LogP contribution in [0.25, 0.3) is 0 Å². The predicted octanol–water partition coefficient (Wildman–Crippen LogP) is 1.08. The average molecular weight is 195 g/mol. The molecule has 1 saturated heterocycles. The van der Waals surface area contributed by atoms with Crippen LogP contribution in [0.1, 0.15) is 31.5 Å². The molecule has 0 radical (unpaired) electrons. The topological polar surface area (TPSA) is 53.1 Å². The van der Waals surface area contributed by atoms with Gasteiger partial charge in [-0.1, -0.05) is 0 Å². The highest BCUT2D eigenvalue weighted by Crippen LogP contribution is 2.16. The lowest BCUT2D eigenvalue weighted by Gasteiger charge is -2.14. The van der Waals surface area contributed by atoms with Crippen molar-refractivity contribution in [2.45, 2.75) is 38.5 Å². The van der Waals surface area contributed by atoms with Crippen LogP contribution in [0.3, 0.4) is 0 Å². The zero-order valence-corrected chi connectivity index (χ0v) is 8.52. The normalized spacial score (nSPS) is 24.0. The van der Waals surface area contributed by atoms with E-state index in [1.54, 1.807) is 0 Å². The fraction of sp³-hybridized carbons (Fsp3) is 0.700. The van der Waals surface area contributed by atoms with E-state index in [0.717, 1.165) is 25.3 Å².